The number of aliphatic carboxylic acids is 1. The van der Waals surface area contributed by atoms with Crippen LogP contribution >= 0.6 is 11.8 Å². The molecule has 2 unspecified atom stereocenters. The Morgan fingerprint density at radius 2 is 2.24 bits per heavy atom. The molecule has 1 aliphatic heterocycles. The van der Waals surface area contributed by atoms with E-state index in [0.717, 1.165) is 5.75 Å². The lowest BCUT2D eigenvalue weighted by atomic mass is 9.95. The minimum Gasteiger partial charge on any atom is -0.479 e. The number of hydrogen-bond acceptors (Lipinski definition) is 4. The molecule has 0 saturated carbocycles. The fraction of sp³-hybridized carbons (Fsp3) is 0.818. The van der Waals surface area contributed by atoms with Crippen LogP contribution in [0, 0.1) is 0 Å². The molecule has 1 amide bonds. The van der Waals surface area contributed by atoms with Gasteiger partial charge in [-0.25, -0.2) is 4.79 Å². The van der Waals surface area contributed by atoms with Gasteiger partial charge in [0.2, 0.25) is 0 Å². The highest BCUT2D eigenvalue weighted by Crippen LogP contribution is 2.29. The molecule has 98 valence electrons. The largest absolute Gasteiger partial charge is 0.479 e. The predicted octanol–water partition coefficient (Wildman–Crippen LogP) is 0.878. The van der Waals surface area contributed by atoms with Gasteiger partial charge in [-0.1, -0.05) is 6.92 Å². The summed E-state index contributed by atoms with van der Waals surface area (Å²) in [6.07, 6.45) is 0.959. The second-order valence-electron chi connectivity index (χ2n) is 4.43. The smallest absolute Gasteiger partial charge is 0.330 e. The summed E-state index contributed by atoms with van der Waals surface area (Å²) in [4.78, 5) is 23.4. The Labute approximate surface area is 105 Å². The Hall–Kier alpha value is -0.750. The third-order valence-corrected chi connectivity index (χ3v) is 4.58. The molecule has 0 spiro atoms. The molecule has 0 aromatic heterocycles. The van der Waals surface area contributed by atoms with E-state index in [-0.39, 0.29) is 5.91 Å². The third kappa shape index (κ3) is 2.74. The standard InChI is InChI=1S/C11H19NO4S/c1-4-10(2,16-3)8(13)12-11(9(14)15)5-6-17-7-11/h4-7H2,1-3H3,(H,12,13)(H,14,15). The minimum absolute atomic E-state index is 0.354. The molecule has 0 aromatic rings. The minimum atomic E-state index is -1.13. The maximum Gasteiger partial charge on any atom is 0.330 e. The van der Waals surface area contributed by atoms with Gasteiger partial charge in [-0.15, -0.1) is 0 Å². The zero-order chi connectivity index (χ0) is 13.1. The number of methoxy groups -OCH3 is 1. The van der Waals surface area contributed by atoms with Crippen molar-refractivity contribution in [2.45, 2.75) is 37.8 Å². The second kappa shape index (κ2) is 5.27. The Balaban J connectivity index is 2.82. The van der Waals surface area contributed by atoms with Crippen LogP contribution in [0.25, 0.3) is 0 Å². The van der Waals surface area contributed by atoms with Crippen molar-refractivity contribution in [2.24, 2.45) is 0 Å². The number of carbonyl (C=O) groups is 2. The zero-order valence-electron chi connectivity index (χ0n) is 10.4. The van der Waals surface area contributed by atoms with Gasteiger partial charge in [0.05, 0.1) is 0 Å². The first-order valence-electron chi connectivity index (χ1n) is 5.59. The van der Waals surface area contributed by atoms with Crippen LogP contribution < -0.4 is 5.32 Å². The van der Waals surface area contributed by atoms with Crippen LogP contribution in [0.3, 0.4) is 0 Å². The van der Waals surface area contributed by atoms with Gasteiger partial charge in [-0.3, -0.25) is 4.79 Å². The number of nitrogens with one attached hydrogen (secondary N) is 1. The van der Waals surface area contributed by atoms with Crippen molar-refractivity contribution in [3.05, 3.63) is 0 Å². The number of ether oxygens (including phenoxy) is 1. The molecule has 2 N–H and O–H groups in total. The molecule has 1 aliphatic rings. The number of carboxylic acid groups (broad SMARTS) is 1. The van der Waals surface area contributed by atoms with E-state index >= 15 is 0 Å². The number of carboxylic acids is 1. The van der Waals surface area contributed by atoms with Crippen LogP contribution in [-0.4, -0.2) is 46.7 Å². The third-order valence-electron chi connectivity index (χ3n) is 3.39. The van der Waals surface area contributed by atoms with Gasteiger partial charge in [0.15, 0.2) is 0 Å². The van der Waals surface area contributed by atoms with E-state index in [4.69, 9.17) is 4.74 Å². The van der Waals surface area contributed by atoms with Gasteiger partial charge in [0.25, 0.3) is 5.91 Å². The average Bonchev–Trinajstić information content (AvgIpc) is 2.77. The van der Waals surface area contributed by atoms with E-state index in [2.05, 4.69) is 5.32 Å². The van der Waals surface area contributed by atoms with Crippen LogP contribution in [0.1, 0.15) is 26.7 Å². The van der Waals surface area contributed by atoms with Gasteiger partial charge in [-0.05, 0) is 25.5 Å². The zero-order valence-corrected chi connectivity index (χ0v) is 11.2. The fourth-order valence-corrected chi connectivity index (χ4v) is 2.96. The molecule has 6 heteroatoms. The number of thioether (sulfide) groups is 1. The molecule has 1 rings (SSSR count). The molecule has 5 nitrogen and oxygen atoms in total. The van der Waals surface area contributed by atoms with Crippen molar-refractivity contribution < 1.29 is 19.4 Å². The molecule has 2 atom stereocenters. The van der Waals surface area contributed by atoms with Crippen molar-refractivity contribution in [1.29, 1.82) is 0 Å². The Morgan fingerprint density at radius 3 is 2.59 bits per heavy atom. The summed E-state index contributed by atoms with van der Waals surface area (Å²) < 4.78 is 5.17. The summed E-state index contributed by atoms with van der Waals surface area (Å²) in [5.74, 6) is -0.155. The molecule has 0 bridgehead atoms. The molecule has 0 aromatic carbocycles. The molecule has 1 heterocycles. The maximum absolute atomic E-state index is 12.1. The van der Waals surface area contributed by atoms with Crippen LogP contribution in [0.2, 0.25) is 0 Å². The first-order chi connectivity index (χ1) is 7.90. The second-order valence-corrected chi connectivity index (χ2v) is 5.54. The van der Waals surface area contributed by atoms with Gasteiger partial charge < -0.3 is 15.2 Å². The molecule has 0 aliphatic carbocycles. The molecule has 1 fully saturated rings. The van der Waals surface area contributed by atoms with Crippen molar-refractivity contribution in [3.8, 4) is 0 Å². The lowest BCUT2D eigenvalue weighted by Crippen LogP contribution is -2.60. The topological polar surface area (TPSA) is 75.6 Å². The van der Waals surface area contributed by atoms with Crippen LogP contribution in [0.5, 0.6) is 0 Å². The Kier molecular flexibility index (Phi) is 4.43. The van der Waals surface area contributed by atoms with Crippen LogP contribution in [0.4, 0.5) is 0 Å². The van der Waals surface area contributed by atoms with E-state index in [0.29, 0.717) is 18.6 Å². The average molecular weight is 261 g/mol. The highest BCUT2D eigenvalue weighted by atomic mass is 32.2. The van der Waals surface area contributed by atoms with Gasteiger partial charge in [0, 0.05) is 12.9 Å². The summed E-state index contributed by atoms with van der Waals surface area (Å²) >= 11 is 1.54. The molecule has 17 heavy (non-hydrogen) atoms. The van der Waals surface area contributed by atoms with E-state index in [1.165, 1.54) is 7.11 Å². The van der Waals surface area contributed by atoms with Gasteiger partial charge in [-0.2, -0.15) is 11.8 Å². The summed E-state index contributed by atoms with van der Waals surface area (Å²) in [6, 6.07) is 0. The van der Waals surface area contributed by atoms with Crippen molar-refractivity contribution in [1.82, 2.24) is 5.32 Å². The Morgan fingerprint density at radius 1 is 1.59 bits per heavy atom. The van der Waals surface area contributed by atoms with Crippen molar-refractivity contribution >= 4 is 23.6 Å². The number of carbonyl (C=O) groups excluding carboxylic acids is 1. The fourth-order valence-electron chi connectivity index (χ4n) is 1.63. The summed E-state index contributed by atoms with van der Waals surface area (Å²) in [5.41, 5.74) is -2.09. The van der Waals surface area contributed by atoms with Crippen molar-refractivity contribution in [2.75, 3.05) is 18.6 Å². The first-order valence-corrected chi connectivity index (χ1v) is 6.74. The molecular formula is C11H19NO4S. The van der Waals surface area contributed by atoms with E-state index in [1.807, 2.05) is 6.92 Å². The lowest BCUT2D eigenvalue weighted by molar-refractivity contribution is -0.152. The van der Waals surface area contributed by atoms with Crippen molar-refractivity contribution in [3.63, 3.8) is 0 Å². The highest BCUT2D eigenvalue weighted by molar-refractivity contribution is 7.99. The van der Waals surface area contributed by atoms with Gasteiger partial charge >= 0.3 is 5.97 Å². The molecule has 1 saturated heterocycles. The van der Waals surface area contributed by atoms with Crippen LogP contribution in [-0.2, 0) is 14.3 Å². The molecule has 0 radical (unpaired) electrons. The summed E-state index contributed by atoms with van der Waals surface area (Å²) in [6.45, 7) is 3.50. The first kappa shape index (κ1) is 14.3. The molecular weight excluding hydrogens is 242 g/mol. The summed E-state index contributed by atoms with van der Waals surface area (Å²) in [7, 11) is 1.46. The summed E-state index contributed by atoms with van der Waals surface area (Å²) in [5, 5.41) is 11.9. The number of amides is 1. The monoisotopic (exact) mass is 261 g/mol. The highest BCUT2D eigenvalue weighted by Gasteiger charge is 2.46. The van der Waals surface area contributed by atoms with E-state index in [1.54, 1.807) is 18.7 Å². The van der Waals surface area contributed by atoms with Gasteiger partial charge in [0.1, 0.15) is 11.1 Å². The number of hydrogen-bond donors (Lipinski definition) is 2. The Bertz CT molecular complexity index is 309. The normalized spacial score (nSPS) is 27.5. The van der Waals surface area contributed by atoms with Crippen LogP contribution in [0.15, 0.2) is 0 Å². The SMILES string of the molecule is CCC(C)(OC)C(=O)NC1(C(=O)O)CCSC1. The van der Waals surface area contributed by atoms with E-state index < -0.39 is 17.1 Å². The lowest BCUT2D eigenvalue weighted by Gasteiger charge is -2.31. The van der Waals surface area contributed by atoms with E-state index in [9.17, 15) is 14.7 Å². The quantitative estimate of drug-likeness (QED) is 0.768. The predicted molar refractivity (Wildman–Crippen MR) is 66.2 cm³/mol. The number of rotatable bonds is 5. The maximum atomic E-state index is 12.1.